The summed E-state index contributed by atoms with van der Waals surface area (Å²) in [5.74, 6) is -0.515. The zero-order valence-corrected chi connectivity index (χ0v) is 21.2. The fraction of sp³-hybridized carbons (Fsp3) is 0.269. The van der Waals surface area contributed by atoms with Crippen LogP contribution in [0.25, 0.3) is 33.3 Å². The molecule has 3 aromatic carbocycles. The van der Waals surface area contributed by atoms with Crippen molar-refractivity contribution in [1.29, 1.82) is 0 Å². The predicted molar refractivity (Wildman–Crippen MR) is 138 cm³/mol. The lowest BCUT2D eigenvalue weighted by Crippen LogP contribution is -2.03. The van der Waals surface area contributed by atoms with Crippen molar-refractivity contribution in [3.63, 3.8) is 0 Å². The van der Waals surface area contributed by atoms with Crippen LogP contribution in [0.3, 0.4) is 0 Å². The molecule has 0 spiro atoms. The number of rotatable bonds is 9. The summed E-state index contributed by atoms with van der Waals surface area (Å²) >= 11 is 3.48. The van der Waals surface area contributed by atoms with Crippen LogP contribution in [0.1, 0.15) is 31.2 Å². The summed E-state index contributed by atoms with van der Waals surface area (Å²) in [6.45, 7) is 0. The molecule has 1 heterocycles. The molecule has 0 unspecified atom stereocenters. The van der Waals surface area contributed by atoms with Crippen molar-refractivity contribution in [2.45, 2.75) is 32.1 Å². The van der Waals surface area contributed by atoms with E-state index in [1.165, 1.54) is 0 Å². The standard InChI is InChI=1S/C26H26BrFN2O3S/c1-30-25-17-20(27)12-14-23(25)26(29-30)22-13-11-19(16-24(22)28)21-10-6-5-9-18(21)8-4-2-3-7-15-34(31,32)33/h5-6,9-14,16-17H,2-4,7-8,15H2,1H3,(H,31,32,33). The molecule has 0 aliphatic rings. The Bertz CT molecular complexity index is 1430. The third kappa shape index (κ3) is 5.74. The quantitative estimate of drug-likeness (QED) is 0.186. The number of unbranched alkanes of at least 4 members (excludes halogenated alkanes) is 3. The zero-order chi connectivity index (χ0) is 24.3. The first-order valence-electron chi connectivity index (χ1n) is 11.2. The van der Waals surface area contributed by atoms with E-state index in [9.17, 15) is 8.42 Å². The minimum atomic E-state index is -3.89. The van der Waals surface area contributed by atoms with Crippen molar-refractivity contribution in [3.8, 4) is 22.4 Å². The van der Waals surface area contributed by atoms with Crippen molar-refractivity contribution in [1.82, 2.24) is 9.78 Å². The van der Waals surface area contributed by atoms with E-state index in [2.05, 4.69) is 21.0 Å². The lowest BCUT2D eigenvalue weighted by molar-refractivity contribution is 0.479. The Labute approximate surface area is 207 Å². The molecule has 0 saturated carbocycles. The third-order valence-corrected chi connectivity index (χ3v) is 7.26. The molecule has 34 heavy (non-hydrogen) atoms. The molecule has 0 bridgehead atoms. The number of halogens is 2. The highest BCUT2D eigenvalue weighted by atomic mass is 79.9. The highest BCUT2D eigenvalue weighted by Crippen LogP contribution is 2.34. The number of aromatic nitrogens is 2. The average molecular weight is 545 g/mol. The van der Waals surface area contributed by atoms with Crippen LogP contribution >= 0.6 is 15.9 Å². The van der Waals surface area contributed by atoms with Crippen molar-refractivity contribution in [3.05, 3.63) is 76.5 Å². The van der Waals surface area contributed by atoms with E-state index in [1.54, 1.807) is 16.8 Å². The molecule has 0 fully saturated rings. The van der Waals surface area contributed by atoms with Crippen molar-refractivity contribution in [2.75, 3.05) is 5.75 Å². The predicted octanol–water partition coefficient (Wildman–Crippen LogP) is 6.80. The van der Waals surface area contributed by atoms with E-state index in [4.69, 9.17) is 4.55 Å². The second kappa shape index (κ2) is 10.4. The lowest BCUT2D eigenvalue weighted by Gasteiger charge is -2.11. The van der Waals surface area contributed by atoms with Crippen LogP contribution in [0.5, 0.6) is 0 Å². The summed E-state index contributed by atoms with van der Waals surface area (Å²) in [5.41, 5.74) is 4.93. The number of hydrogen-bond donors (Lipinski definition) is 1. The number of fused-ring (bicyclic) bond motifs is 1. The van der Waals surface area contributed by atoms with Crippen LogP contribution < -0.4 is 0 Å². The van der Waals surface area contributed by atoms with Crippen molar-refractivity contribution < 1.29 is 17.4 Å². The van der Waals surface area contributed by atoms with Gasteiger partial charge in [0.2, 0.25) is 0 Å². The average Bonchev–Trinajstić information content (AvgIpc) is 3.11. The smallest absolute Gasteiger partial charge is 0.264 e. The Hall–Kier alpha value is -2.55. The topological polar surface area (TPSA) is 72.2 Å². The summed E-state index contributed by atoms with van der Waals surface area (Å²) in [7, 11) is -2.04. The molecular formula is C26H26BrFN2O3S. The Morgan fingerprint density at radius 2 is 1.74 bits per heavy atom. The largest absolute Gasteiger partial charge is 0.286 e. The molecule has 0 atom stereocenters. The number of nitrogens with zero attached hydrogens (tertiary/aromatic N) is 2. The van der Waals surface area contributed by atoms with Crippen LogP contribution in [0.4, 0.5) is 4.39 Å². The minimum absolute atomic E-state index is 0.196. The van der Waals surface area contributed by atoms with E-state index in [0.717, 1.165) is 57.7 Å². The fourth-order valence-electron chi connectivity index (χ4n) is 4.28. The maximum Gasteiger partial charge on any atom is 0.264 e. The molecule has 8 heteroatoms. The molecule has 4 rings (SSSR count). The molecular weight excluding hydrogens is 519 g/mol. The van der Waals surface area contributed by atoms with E-state index in [1.807, 2.05) is 55.6 Å². The normalized spacial score (nSPS) is 11.9. The van der Waals surface area contributed by atoms with Gasteiger partial charge in [0.25, 0.3) is 10.1 Å². The van der Waals surface area contributed by atoms with Gasteiger partial charge in [0.15, 0.2) is 0 Å². The zero-order valence-electron chi connectivity index (χ0n) is 18.8. The maximum absolute atomic E-state index is 15.3. The molecule has 0 amide bonds. The minimum Gasteiger partial charge on any atom is -0.286 e. The summed E-state index contributed by atoms with van der Waals surface area (Å²) in [6.07, 6.45) is 3.75. The van der Waals surface area contributed by atoms with Gasteiger partial charge >= 0.3 is 0 Å². The van der Waals surface area contributed by atoms with E-state index >= 15 is 4.39 Å². The summed E-state index contributed by atoms with van der Waals surface area (Å²) in [6, 6.07) is 19.1. The SMILES string of the molecule is Cn1nc(-c2ccc(-c3ccccc3CCCCCCS(=O)(=O)O)cc2F)c2ccc(Br)cc21. The Kier molecular flexibility index (Phi) is 7.50. The van der Waals surface area contributed by atoms with Gasteiger partial charge in [-0.05, 0) is 66.3 Å². The van der Waals surface area contributed by atoms with Crippen molar-refractivity contribution >= 4 is 37.0 Å². The van der Waals surface area contributed by atoms with Gasteiger partial charge in [-0.15, -0.1) is 0 Å². The molecule has 0 saturated heterocycles. The Morgan fingerprint density at radius 1 is 0.971 bits per heavy atom. The van der Waals surface area contributed by atoms with Gasteiger partial charge in [0.05, 0.1) is 11.3 Å². The summed E-state index contributed by atoms with van der Waals surface area (Å²) in [4.78, 5) is 0. The second-order valence-electron chi connectivity index (χ2n) is 8.44. The van der Waals surface area contributed by atoms with Crippen LogP contribution in [0.15, 0.2) is 65.1 Å². The molecule has 0 aliphatic carbocycles. The first kappa shape index (κ1) is 24.6. The first-order valence-corrected chi connectivity index (χ1v) is 13.6. The number of benzene rings is 3. The monoisotopic (exact) mass is 544 g/mol. The molecule has 0 radical (unpaired) electrons. The Morgan fingerprint density at radius 3 is 2.50 bits per heavy atom. The highest BCUT2D eigenvalue weighted by Gasteiger charge is 2.16. The van der Waals surface area contributed by atoms with Gasteiger partial charge in [0, 0.05) is 22.5 Å². The van der Waals surface area contributed by atoms with Gasteiger partial charge in [-0.3, -0.25) is 9.23 Å². The van der Waals surface area contributed by atoms with E-state index < -0.39 is 10.1 Å². The number of hydrogen-bond acceptors (Lipinski definition) is 3. The molecule has 5 nitrogen and oxygen atoms in total. The molecule has 1 aromatic heterocycles. The lowest BCUT2D eigenvalue weighted by atomic mass is 9.94. The maximum atomic E-state index is 15.3. The van der Waals surface area contributed by atoms with Crippen LogP contribution in [0, 0.1) is 5.82 Å². The van der Waals surface area contributed by atoms with Gasteiger partial charge in [-0.2, -0.15) is 13.5 Å². The second-order valence-corrected chi connectivity index (χ2v) is 10.9. The van der Waals surface area contributed by atoms with Crippen LogP contribution in [-0.2, 0) is 23.6 Å². The van der Waals surface area contributed by atoms with Crippen molar-refractivity contribution in [2.24, 2.45) is 7.05 Å². The van der Waals surface area contributed by atoms with Crippen LogP contribution in [-0.4, -0.2) is 28.5 Å². The number of aryl methyl sites for hydroxylation is 2. The highest BCUT2D eigenvalue weighted by molar-refractivity contribution is 9.10. The van der Waals surface area contributed by atoms with Gasteiger partial charge in [-0.1, -0.05) is 59.1 Å². The van der Waals surface area contributed by atoms with E-state index in [-0.39, 0.29) is 11.6 Å². The summed E-state index contributed by atoms with van der Waals surface area (Å²) < 4.78 is 48.5. The molecule has 4 aromatic rings. The van der Waals surface area contributed by atoms with Gasteiger partial charge in [0.1, 0.15) is 11.5 Å². The molecule has 1 N–H and O–H groups in total. The first-order chi connectivity index (χ1) is 16.2. The van der Waals surface area contributed by atoms with Gasteiger partial charge in [-0.25, -0.2) is 4.39 Å². The fourth-order valence-corrected chi connectivity index (χ4v) is 5.20. The Balaban J connectivity index is 1.53. The summed E-state index contributed by atoms with van der Waals surface area (Å²) in [5, 5.41) is 5.46. The van der Waals surface area contributed by atoms with Crippen LogP contribution in [0.2, 0.25) is 0 Å². The molecule has 0 aliphatic heterocycles. The van der Waals surface area contributed by atoms with E-state index in [0.29, 0.717) is 17.7 Å². The third-order valence-electron chi connectivity index (χ3n) is 5.96. The van der Waals surface area contributed by atoms with Gasteiger partial charge < -0.3 is 0 Å². The molecule has 178 valence electrons.